The van der Waals surface area contributed by atoms with Crippen molar-refractivity contribution in [3.05, 3.63) is 83.5 Å². The maximum Gasteiger partial charge on any atom is 0.164 e. The normalized spacial score (nSPS) is 12.3. The van der Waals surface area contributed by atoms with Crippen molar-refractivity contribution in [2.45, 2.75) is 37.3 Å². The van der Waals surface area contributed by atoms with Gasteiger partial charge in [0.1, 0.15) is 5.75 Å². The lowest BCUT2D eigenvalue weighted by Crippen LogP contribution is -2.12. The van der Waals surface area contributed by atoms with Gasteiger partial charge in [0.2, 0.25) is 0 Å². The van der Waals surface area contributed by atoms with Crippen LogP contribution in [0.4, 0.5) is 0 Å². The van der Waals surface area contributed by atoms with Gasteiger partial charge in [-0.05, 0) is 57.2 Å². The molecule has 1 N–H and O–H groups in total. The fourth-order valence-corrected chi connectivity index (χ4v) is 3.49. The lowest BCUT2D eigenvalue weighted by atomic mass is 10.0. The first kappa shape index (κ1) is 22.3. The highest BCUT2D eigenvalue weighted by molar-refractivity contribution is 8.00. The molecule has 0 saturated heterocycles. The largest absolute Gasteiger partial charge is 0.508 e. The minimum Gasteiger partial charge on any atom is -0.508 e. The van der Waals surface area contributed by atoms with Crippen molar-refractivity contribution in [3.8, 4) is 18.6 Å². The molecule has 0 heterocycles. The zero-order chi connectivity index (χ0) is 20.2. The molecule has 3 heteroatoms. The number of hydrogen-bond donors (Lipinski definition) is 1. The van der Waals surface area contributed by atoms with E-state index in [0.717, 1.165) is 10.5 Å². The smallest absolute Gasteiger partial charge is 0.164 e. The minimum absolute atomic E-state index is 0.0696. The third-order valence-electron chi connectivity index (χ3n) is 3.92. The second kappa shape index (κ2) is 11.8. The summed E-state index contributed by atoms with van der Waals surface area (Å²) >= 11 is 1.71. The molecule has 27 heavy (non-hydrogen) atoms. The van der Waals surface area contributed by atoms with Gasteiger partial charge in [0.05, 0.1) is 0 Å². The van der Waals surface area contributed by atoms with Crippen molar-refractivity contribution in [2.75, 3.05) is 0 Å². The van der Waals surface area contributed by atoms with Gasteiger partial charge in [-0.25, -0.2) is 0 Å². The van der Waals surface area contributed by atoms with Crippen LogP contribution in [0.15, 0.2) is 77.2 Å². The molecule has 0 saturated carbocycles. The van der Waals surface area contributed by atoms with Gasteiger partial charge < -0.3 is 5.11 Å². The molecule has 2 aromatic rings. The number of aromatic hydroxyl groups is 1. The van der Waals surface area contributed by atoms with Crippen LogP contribution in [0.3, 0.4) is 0 Å². The zero-order valence-electron chi connectivity index (χ0n) is 16.1. The second-order valence-electron chi connectivity index (χ2n) is 6.03. The molecular formula is C24H26O2S. The van der Waals surface area contributed by atoms with Gasteiger partial charge in [0, 0.05) is 22.1 Å². The molecule has 0 bridgehead atoms. The third-order valence-corrected chi connectivity index (χ3v) is 5.29. The first-order valence-corrected chi connectivity index (χ1v) is 9.56. The molecule has 0 aliphatic heterocycles. The molecule has 2 rings (SSSR count). The van der Waals surface area contributed by atoms with Crippen molar-refractivity contribution in [3.63, 3.8) is 0 Å². The first-order chi connectivity index (χ1) is 13.0. The minimum atomic E-state index is 0.0696. The number of hydrogen-bond acceptors (Lipinski definition) is 3. The van der Waals surface area contributed by atoms with Crippen LogP contribution in [0.25, 0.3) is 0 Å². The summed E-state index contributed by atoms with van der Waals surface area (Å²) in [7, 11) is 0. The number of ketones is 1. The van der Waals surface area contributed by atoms with Crippen LogP contribution >= 0.6 is 11.8 Å². The molecule has 2 aromatic carbocycles. The van der Waals surface area contributed by atoms with Crippen molar-refractivity contribution < 1.29 is 9.90 Å². The summed E-state index contributed by atoms with van der Waals surface area (Å²) in [6.45, 7) is 6.11. The summed E-state index contributed by atoms with van der Waals surface area (Å²) in [6.07, 6.45) is 14.5. The van der Waals surface area contributed by atoms with Crippen LogP contribution in [0.1, 0.15) is 36.2 Å². The van der Waals surface area contributed by atoms with Crippen LogP contribution in [0.2, 0.25) is 0 Å². The van der Waals surface area contributed by atoms with Crippen LogP contribution in [-0.4, -0.2) is 16.1 Å². The van der Waals surface area contributed by atoms with E-state index in [1.165, 1.54) is 5.56 Å². The quantitative estimate of drug-likeness (QED) is 0.269. The number of carbonyl (C=O) groups is 1. The summed E-state index contributed by atoms with van der Waals surface area (Å²) in [6, 6.07) is 14.8. The molecule has 0 radical (unpaired) electrons. The summed E-state index contributed by atoms with van der Waals surface area (Å²) in [5.41, 5.74) is 3.02. The number of phenols is 1. The van der Waals surface area contributed by atoms with E-state index >= 15 is 0 Å². The Kier molecular flexibility index (Phi) is 9.79. The Labute approximate surface area is 167 Å². The highest BCUT2D eigenvalue weighted by atomic mass is 32.2. The monoisotopic (exact) mass is 378 g/mol. The number of terminal acetylenes is 1. The highest BCUT2D eigenvalue weighted by Crippen LogP contribution is 2.31. The van der Waals surface area contributed by atoms with E-state index in [2.05, 4.69) is 57.0 Å². The Balaban J connectivity index is 0.00000176. The van der Waals surface area contributed by atoms with Crippen molar-refractivity contribution in [1.29, 1.82) is 0 Å². The third kappa shape index (κ3) is 7.60. The molecule has 1 unspecified atom stereocenters. The number of Topliss-reactive ketones (excluding diaryl/α,β-unsaturated/α-hetero) is 1. The molecule has 1 atom stereocenters. The van der Waals surface area contributed by atoms with E-state index in [-0.39, 0.29) is 16.8 Å². The van der Waals surface area contributed by atoms with E-state index in [4.69, 9.17) is 0 Å². The maximum absolute atomic E-state index is 12.6. The van der Waals surface area contributed by atoms with Gasteiger partial charge in [-0.1, -0.05) is 41.5 Å². The Morgan fingerprint density at radius 3 is 2.26 bits per heavy atom. The Morgan fingerprint density at radius 2 is 1.70 bits per heavy atom. The van der Waals surface area contributed by atoms with E-state index < -0.39 is 0 Å². The molecule has 0 aliphatic carbocycles. The van der Waals surface area contributed by atoms with Crippen LogP contribution < -0.4 is 0 Å². The predicted molar refractivity (Wildman–Crippen MR) is 116 cm³/mol. The number of carbonyl (C=O) groups excluding carboxylic acids is 1. The van der Waals surface area contributed by atoms with E-state index in [1.807, 2.05) is 19.1 Å². The first-order valence-electron chi connectivity index (χ1n) is 8.68. The second-order valence-corrected chi connectivity index (χ2v) is 7.31. The van der Waals surface area contributed by atoms with Gasteiger partial charge in [0.25, 0.3) is 0 Å². The van der Waals surface area contributed by atoms with Gasteiger partial charge in [-0.3, -0.25) is 4.79 Å². The predicted octanol–water partition coefficient (Wildman–Crippen LogP) is 6.21. The summed E-state index contributed by atoms with van der Waals surface area (Å²) in [4.78, 5) is 13.8. The topological polar surface area (TPSA) is 37.3 Å². The summed E-state index contributed by atoms with van der Waals surface area (Å²) in [5, 5.41) is 9.46. The number of thioether (sulfide) groups is 1. The SMILES string of the molecule is C#C.C/C=C\C=C(/C)C(CC(=O)c1ccc(O)cc1)Sc1ccc(C)cc1. The average molecular weight is 379 g/mol. The van der Waals surface area contributed by atoms with Crippen LogP contribution in [-0.2, 0) is 0 Å². The summed E-state index contributed by atoms with van der Waals surface area (Å²) in [5.74, 6) is 0.254. The standard InChI is InChI=1S/C22H24O2S.C2H2/c1-4-5-6-17(3)22(25-20-13-7-16(2)8-14-20)15-21(24)18-9-11-19(23)12-10-18;1-2/h4-14,22-23H,15H2,1-3H3;1-2H/b5-4-,17-6+;. The maximum atomic E-state index is 12.6. The fraction of sp³-hybridized carbons (Fsp3) is 0.208. The summed E-state index contributed by atoms with van der Waals surface area (Å²) < 4.78 is 0. The number of benzene rings is 2. The highest BCUT2D eigenvalue weighted by Gasteiger charge is 2.18. The molecule has 0 aromatic heterocycles. The molecule has 140 valence electrons. The van der Waals surface area contributed by atoms with E-state index in [1.54, 1.807) is 36.0 Å². The number of aryl methyl sites for hydroxylation is 1. The molecule has 0 amide bonds. The average Bonchev–Trinajstić information content (AvgIpc) is 2.69. The van der Waals surface area contributed by atoms with Gasteiger partial charge in [0.15, 0.2) is 5.78 Å². The fourth-order valence-electron chi connectivity index (χ4n) is 2.37. The Morgan fingerprint density at radius 1 is 1.11 bits per heavy atom. The number of allylic oxidation sites excluding steroid dienone is 3. The lowest BCUT2D eigenvalue weighted by molar-refractivity contribution is 0.0984. The molecule has 0 spiro atoms. The number of phenolic OH excluding ortho intramolecular Hbond substituents is 1. The van der Waals surface area contributed by atoms with E-state index in [9.17, 15) is 9.90 Å². The van der Waals surface area contributed by atoms with Gasteiger partial charge >= 0.3 is 0 Å². The number of rotatable bonds is 7. The Bertz CT molecular complexity index is 797. The zero-order valence-corrected chi connectivity index (χ0v) is 16.9. The molecule has 0 fully saturated rings. The Hall–Kier alpha value is -2.70. The molecule has 0 aliphatic rings. The van der Waals surface area contributed by atoms with Gasteiger partial charge in [-0.2, -0.15) is 0 Å². The van der Waals surface area contributed by atoms with Gasteiger partial charge in [-0.15, -0.1) is 24.6 Å². The van der Waals surface area contributed by atoms with Crippen molar-refractivity contribution in [2.24, 2.45) is 0 Å². The molecule has 2 nitrogen and oxygen atoms in total. The van der Waals surface area contributed by atoms with Crippen LogP contribution in [0.5, 0.6) is 5.75 Å². The van der Waals surface area contributed by atoms with Crippen LogP contribution in [0, 0.1) is 19.8 Å². The van der Waals surface area contributed by atoms with Crippen molar-refractivity contribution >= 4 is 17.5 Å². The lowest BCUT2D eigenvalue weighted by Gasteiger charge is -2.17. The van der Waals surface area contributed by atoms with E-state index in [0.29, 0.717) is 12.0 Å². The van der Waals surface area contributed by atoms with Crippen molar-refractivity contribution in [1.82, 2.24) is 0 Å². The molecular weight excluding hydrogens is 352 g/mol.